The number of carbonyl (C=O) groups is 2. The lowest BCUT2D eigenvalue weighted by atomic mass is 10.0. The maximum absolute atomic E-state index is 13.2. The molecule has 0 fully saturated rings. The van der Waals surface area contributed by atoms with Crippen molar-refractivity contribution >= 4 is 35.3 Å². The van der Waals surface area contributed by atoms with Crippen LogP contribution in [0, 0.1) is 0 Å². The fourth-order valence-electron chi connectivity index (χ4n) is 4.98. The second-order valence-electron chi connectivity index (χ2n) is 10.1. The molecule has 2 aromatic carbocycles. The van der Waals surface area contributed by atoms with Crippen LogP contribution in [-0.4, -0.2) is 35.3 Å². The first-order valence-corrected chi connectivity index (χ1v) is 16.3. The van der Waals surface area contributed by atoms with Gasteiger partial charge < -0.3 is 9.72 Å². The minimum atomic E-state index is -1.79. The molecule has 7 heteroatoms. The molecule has 0 bridgehead atoms. The van der Waals surface area contributed by atoms with Crippen LogP contribution in [-0.2, 0) is 16.2 Å². The van der Waals surface area contributed by atoms with Crippen molar-refractivity contribution in [2.24, 2.45) is 4.74 Å². The number of aromatic nitrogens is 1. The molecular weight excluding hydrogens is 493 g/mol. The first-order chi connectivity index (χ1) is 18.5. The lowest BCUT2D eigenvalue weighted by molar-refractivity contribution is -0.123. The third-order valence-electron chi connectivity index (χ3n) is 7.17. The lowest BCUT2D eigenvalue weighted by Gasteiger charge is -2.25. The second kappa shape index (κ2) is 13.1. The third-order valence-corrected chi connectivity index (χ3v) is 11.2. The summed E-state index contributed by atoms with van der Waals surface area (Å²) >= 11 is 0. The van der Waals surface area contributed by atoms with Gasteiger partial charge in [-0.1, -0.05) is 70.4 Å². The van der Waals surface area contributed by atoms with Crippen LogP contribution in [0.1, 0.15) is 70.4 Å². The van der Waals surface area contributed by atoms with E-state index in [1.54, 1.807) is 0 Å². The summed E-state index contributed by atoms with van der Waals surface area (Å²) in [7, 11) is -1.79. The SMILES string of the molecule is CCCCP(CCCC)(CCCC)=NC1=C(c2c[nH]c3ccc(OCc4ccccc4)cc23)C(=O)NC1=O. The van der Waals surface area contributed by atoms with Gasteiger partial charge in [0, 0.05) is 22.7 Å². The molecule has 1 aliphatic heterocycles. The molecule has 0 unspecified atom stereocenters. The molecule has 6 nitrogen and oxygen atoms in total. The molecule has 38 heavy (non-hydrogen) atoms. The van der Waals surface area contributed by atoms with Crippen LogP contribution in [0.3, 0.4) is 0 Å². The highest BCUT2D eigenvalue weighted by atomic mass is 31.2. The van der Waals surface area contributed by atoms with E-state index in [-0.39, 0.29) is 11.8 Å². The van der Waals surface area contributed by atoms with Gasteiger partial charge in [0.15, 0.2) is 0 Å². The highest BCUT2D eigenvalue weighted by Gasteiger charge is 2.34. The molecule has 0 atom stereocenters. The van der Waals surface area contributed by atoms with Crippen LogP contribution in [0.25, 0.3) is 16.5 Å². The van der Waals surface area contributed by atoms with Gasteiger partial charge in [0.1, 0.15) is 18.1 Å². The molecule has 2 N–H and O–H groups in total. The Morgan fingerprint density at radius 2 is 1.50 bits per heavy atom. The van der Waals surface area contributed by atoms with E-state index >= 15 is 0 Å². The van der Waals surface area contributed by atoms with Crippen LogP contribution in [0.5, 0.6) is 5.75 Å². The number of fused-ring (bicyclic) bond motifs is 1. The van der Waals surface area contributed by atoms with Gasteiger partial charge in [0.25, 0.3) is 11.8 Å². The first-order valence-electron chi connectivity index (χ1n) is 14.0. The quantitative estimate of drug-likeness (QED) is 0.164. The van der Waals surface area contributed by atoms with Crippen LogP contribution in [0.15, 0.2) is 65.2 Å². The summed E-state index contributed by atoms with van der Waals surface area (Å²) in [5.41, 5.74) is 3.37. The van der Waals surface area contributed by atoms with E-state index < -0.39 is 7.05 Å². The summed E-state index contributed by atoms with van der Waals surface area (Å²) in [4.78, 5) is 29.6. The number of rotatable bonds is 14. The van der Waals surface area contributed by atoms with Crippen molar-refractivity contribution in [1.82, 2.24) is 10.3 Å². The Morgan fingerprint density at radius 3 is 2.13 bits per heavy atom. The molecule has 0 radical (unpaired) electrons. The Bertz CT molecular complexity index is 1330. The highest BCUT2D eigenvalue weighted by Crippen LogP contribution is 2.54. The molecule has 1 aliphatic rings. The normalized spacial score (nSPS) is 13.9. The average molecular weight is 534 g/mol. The molecule has 2 amide bonds. The zero-order valence-electron chi connectivity index (χ0n) is 22.9. The number of aromatic amines is 1. The Labute approximate surface area is 226 Å². The fraction of sp³-hybridized carbons (Fsp3) is 0.419. The van der Waals surface area contributed by atoms with E-state index in [2.05, 4.69) is 31.1 Å². The number of amides is 2. The van der Waals surface area contributed by atoms with Crippen molar-refractivity contribution in [3.8, 4) is 5.75 Å². The zero-order valence-corrected chi connectivity index (χ0v) is 23.8. The number of hydrogen-bond donors (Lipinski definition) is 2. The number of benzene rings is 2. The minimum absolute atomic E-state index is 0.322. The number of nitrogens with one attached hydrogen (secondary N) is 2. The van der Waals surface area contributed by atoms with Gasteiger partial charge in [0.2, 0.25) is 0 Å². The van der Waals surface area contributed by atoms with E-state index in [1.165, 1.54) is 0 Å². The van der Waals surface area contributed by atoms with E-state index in [0.29, 0.717) is 29.2 Å². The average Bonchev–Trinajstić information content (AvgIpc) is 3.47. The molecule has 0 saturated heterocycles. The van der Waals surface area contributed by atoms with Gasteiger partial charge in [0.05, 0.1) is 5.57 Å². The van der Waals surface area contributed by atoms with Gasteiger partial charge in [-0.05, 0) is 68.6 Å². The zero-order chi connectivity index (χ0) is 27.0. The fourth-order valence-corrected chi connectivity index (χ4v) is 9.28. The van der Waals surface area contributed by atoms with Crippen molar-refractivity contribution in [3.05, 3.63) is 71.6 Å². The molecule has 0 saturated carbocycles. The van der Waals surface area contributed by atoms with Crippen LogP contribution < -0.4 is 10.1 Å². The Kier molecular flexibility index (Phi) is 9.63. The summed E-state index contributed by atoms with van der Waals surface area (Å²) in [5.74, 6) is -0.0313. The van der Waals surface area contributed by atoms with Gasteiger partial charge in [-0.15, -0.1) is 0 Å². The first kappa shape index (κ1) is 27.9. The Hall–Kier alpha value is -3.11. The Balaban J connectivity index is 1.78. The number of unbranched alkanes of at least 4 members (excludes halogenated alkanes) is 3. The number of hydrogen-bond acceptors (Lipinski definition) is 4. The predicted molar refractivity (Wildman–Crippen MR) is 158 cm³/mol. The number of nitrogens with zero attached hydrogens (tertiary/aromatic N) is 1. The number of ether oxygens (including phenoxy) is 1. The topological polar surface area (TPSA) is 83.5 Å². The van der Waals surface area contributed by atoms with Gasteiger partial charge in [-0.3, -0.25) is 19.7 Å². The van der Waals surface area contributed by atoms with Crippen molar-refractivity contribution < 1.29 is 14.3 Å². The van der Waals surface area contributed by atoms with Crippen LogP contribution in [0.4, 0.5) is 0 Å². The van der Waals surface area contributed by atoms with Gasteiger partial charge >= 0.3 is 0 Å². The maximum Gasteiger partial charge on any atom is 0.277 e. The lowest BCUT2D eigenvalue weighted by Crippen LogP contribution is -2.22. The van der Waals surface area contributed by atoms with Crippen molar-refractivity contribution in [1.29, 1.82) is 0 Å². The van der Waals surface area contributed by atoms with Gasteiger partial charge in [-0.25, -0.2) is 0 Å². The van der Waals surface area contributed by atoms with E-state index in [4.69, 9.17) is 9.48 Å². The summed E-state index contributed by atoms with van der Waals surface area (Å²) < 4.78 is 11.4. The molecular formula is C31H40N3O3P. The van der Waals surface area contributed by atoms with E-state index in [9.17, 15) is 9.59 Å². The second-order valence-corrected chi connectivity index (χ2v) is 13.8. The van der Waals surface area contributed by atoms with Crippen LogP contribution in [0.2, 0.25) is 0 Å². The minimum Gasteiger partial charge on any atom is -0.489 e. The molecule has 2 heterocycles. The standard InChI is InChI=1S/C31H40N3O3P/c1-4-7-17-38(18-8-5-2,19-9-6-3)34-29-28(30(35)33-31(29)36)26-21-32-27-16-15-24(20-25(26)27)37-22-23-13-11-10-12-14-23/h10-16,20-21,32H,4-9,17-19,22H2,1-3H3,(H,33,35,36). The van der Waals surface area contributed by atoms with Crippen molar-refractivity contribution in [3.63, 3.8) is 0 Å². The third kappa shape index (κ3) is 6.47. The molecule has 0 spiro atoms. The number of imide groups is 1. The van der Waals surface area contributed by atoms with Gasteiger partial charge in [-0.2, -0.15) is 0 Å². The summed E-state index contributed by atoms with van der Waals surface area (Å²) in [6.45, 7) is 7.06. The number of H-pyrrole nitrogens is 1. The summed E-state index contributed by atoms with van der Waals surface area (Å²) in [5, 5.41) is 3.40. The molecule has 1 aromatic heterocycles. The summed E-state index contributed by atoms with van der Waals surface area (Å²) in [6, 6.07) is 15.8. The number of carbonyl (C=O) groups excluding carboxylic acids is 2. The Morgan fingerprint density at radius 1 is 0.842 bits per heavy atom. The molecule has 202 valence electrons. The molecule has 3 aromatic rings. The highest BCUT2D eigenvalue weighted by molar-refractivity contribution is 7.66. The summed E-state index contributed by atoms with van der Waals surface area (Å²) in [6.07, 6.45) is 11.5. The van der Waals surface area contributed by atoms with Crippen molar-refractivity contribution in [2.45, 2.75) is 65.9 Å². The maximum atomic E-state index is 13.2. The molecule has 4 rings (SSSR count). The molecule has 0 aliphatic carbocycles. The van der Waals surface area contributed by atoms with Crippen LogP contribution >= 0.6 is 7.05 Å². The predicted octanol–water partition coefficient (Wildman–Crippen LogP) is 7.72. The van der Waals surface area contributed by atoms with E-state index in [1.807, 2.05) is 54.7 Å². The van der Waals surface area contributed by atoms with Crippen molar-refractivity contribution in [2.75, 3.05) is 18.5 Å². The monoisotopic (exact) mass is 533 g/mol. The van der Waals surface area contributed by atoms with E-state index in [0.717, 1.165) is 73.5 Å². The largest absolute Gasteiger partial charge is 0.489 e. The smallest absolute Gasteiger partial charge is 0.277 e.